The molecule has 0 amide bonds. The standard InChI is InChI=1S/3C13H16O4.C13H18O4.2C12H16O4.C10H12O4/c1-6(2)12(14)17-10-4-7-3-8(10)9-5-16-13(15)11(7)9;1-6(2)12(14)17-10-4-7-3-8(10)11-9(7)5-16-13(11)15;1-3-10(14)17-13(4-2)7-5-8-9(6-7)12(15)16-11(8)13;1-8(2)10(14)16-12(3)6-5-9-7-13(12,4)17-11(9)15;1-7(2)10(13)15-9-5-4-8-6-12(9,3)16-11(8)14;1-4-9(13)15-11(2)6-5-8-7-12(11,3)16-10(8)14;1-2-9(11)13-7-4-3-6-5-8(7)14-10(6)12/h2*7-11H,1,3-5H2,2H3;3,7-9,11H,1,4-6H2,2H3;9H,1,5-7H2,2-4H3;8-9H,1,4-6H2,2-3H3;4,8H,1,5-7H2,2-3H3;2,6-8H,1,3-5H2. The minimum absolute atomic E-state index is 0.00946. The van der Waals surface area contributed by atoms with Crippen LogP contribution >= 0.6 is 0 Å². The molecule has 17 aliphatic rings. The highest BCUT2D eigenvalue weighted by molar-refractivity contribution is 5.90. The Morgan fingerprint density at radius 1 is 0.430 bits per heavy atom. The smallest absolute Gasteiger partial charge is 0.333 e. The highest BCUT2D eigenvalue weighted by atomic mass is 16.6. The summed E-state index contributed by atoms with van der Waals surface area (Å²) in [6.45, 7) is 43.1. The molecule has 0 N–H and O–H groups in total. The van der Waals surface area contributed by atoms with Crippen LogP contribution in [0.5, 0.6) is 0 Å². The third-order valence-corrected chi connectivity index (χ3v) is 27.6. The van der Waals surface area contributed by atoms with Gasteiger partial charge in [-0.25, -0.2) is 33.6 Å². The van der Waals surface area contributed by atoms with E-state index in [4.69, 9.17) is 66.3 Å². The van der Waals surface area contributed by atoms with Crippen molar-refractivity contribution in [2.75, 3.05) is 13.2 Å². The van der Waals surface area contributed by atoms with Crippen LogP contribution in [-0.2, 0) is 133 Å². The number of esters is 14. The van der Waals surface area contributed by atoms with Gasteiger partial charge in [0.05, 0.1) is 54.6 Å². The molecule has 7 saturated heterocycles. The van der Waals surface area contributed by atoms with Gasteiger partial charge in [-0.2, -0.15) is 0 Å². The molecule has 7 heterocycles. The summed E-state index contributed by atoms with van der Waals surface area (Å²) in [6.07, 6.45) is 16.6. The Bertz CT molecular complexity index is 4010. The normalized spacial score (nSPS) is 40.6. The number of carbonyl (C=O) groups excluding carboxylic acids is 14. The van der Waals surface area contributed by atoms with Crippen LogP contribution in [0.1, 0.15) is 191 Å². The second-order valence-electron chi connectivity index (χ2n) is 35.1. The topological polar surface area (TPSA) is 368 Å². The van der Waals surface area contributed by atoms with E-state index in [1.165, 1.54) is 6.08 Å². The van der Waals surface area contributed by atoms with Gasteiger partial charge < -0.3 is 66.3 Å². The van der Waals surface area contributed by atoms with E-state index in [9.17, 15) is 67.1 Å². The van der Waals surface area contributed by atoms with Gasteiger partial charge in [-0.1, -0.05) is 53.0 Å². The van der Waals surface area contributed by atoms with Gasteiger partial charge in [0.15, 0.2) is 5.60 Å². The lowest BCUT2D eigenvalue weighted by Gasteiger charge is -2.43. The first kappa shape index (κ1) is 85.6. The van der Waals surface area contributed by atoms with Gasteiger partial charge in [-0.3, -0.25) is 33.6 Å². The summed E-state index contributed by atoms with van der Waals surface area (Å²) in [7, 11) is 0. The Hall–Kier alpha value is -9.24. The van der Waals surface area contributed by atoms with Crippen molar-refractivity contribution in [3.8, 4) is 0 Å². The zero-order valence-electron chi connectivity index (χ0n) is 67.1. The number of ether oxygens (including phenoxy) is 14. The number of rotatable bonds is 15. The van der Waals surface area contributed by atoms with Crippen molar-refractivity contribution in [3.63, 3.8) is 0 Å². The van der Waals surface area contributed by atoms with Crippen LogP contribution in [-0.4, -0.2) is 167 Å². The van der Waals surface area contributed by atoms with Crippen LogP contribution in [0.15, 0.2) is 86.6 Å². The fourth-order valence-corrected chi connectivity index (χ4v) is 20.9. The van der Waals surface area contributed by atoms with E-state index < -0.39 is 63.5 Å². The Labute approximate surface area is 664 Å². The summed E-state index contributed by atoms with van der Waals surface area (Å²) < 4.78 is 74.6. The quantitative estimate of drug-likeness (QED) is 0.0835. The van der Waals surface area contributed by atoms with Crippen LogP contribution in [0.2, 0.25) is 0 Å². The number of cyclic esters (lactones) is 2. The van der Waals surface area contributed by atoms with E-state index in [1.54, 1.807) is 27.7 Å². The average molecular weight is 1590 g/mol. The van der Waals surface area contributed by atoms with E-state index in [0.717, 1.165) is 69.9 Å². The minimum Gasteiger partial charge on any atom is -0.465 e. The first-order valence-electron chi connectivity index (χ1n) is 40.0. The Kier molecular flexibility index (Phi) is 24.9. The molecule has 28 nitrogen and oxygen atoms in total. The monoisotopic (exact) mass is 1590 g/mol. The Morgan fingerprint density at radius 3 is 1.50 bits per heavy atom. The first-order valence-corrected chi connectivity index (χ1v) is 40.0. The van der Waals surface area contributed by atoms with Gasteiger partial charge in [-0.05, 0) is 170 Å². The lowest BCUT2D eigenvalue weighted by molar-refractivity contribution is -0.194. The molecule has 0 aromatic carbocycles. The second kappa shape index (κ2) is 33.2. The molecule has 114 heavy (non-hydrogen) atoms. The van der Waals surface area contributed by atoms with E-state index in [2.05, 4.69) is 46.1 Å². The fraction of sp³-hybridized carbons (Fsp3) is 0.674. The lowest BCUT2D eigenvalue weighted by Crippen LogP contribution is -2.54. The first-order chi connectivity index (χ1) is 53.6. The van der Waals surface area contributed by atoms with Gasteiger partial charge in [0.1, 0.15) is 64.6 Å². The molecular weight excluding hydrogens is 1480 g/mol. The molecule has 0 aromatic heterocycles. The van der Waals surface area contributed by atoms with Crippen molar-refractivity contribution in [1.29, 1.82) is 0 Å². The predicted molar refractivity (Wildman–Crippen MR) is 398 cm³/mol. The summed E-state index contributed by atoms with van der Waals surface area (Å²) in [6, 6.07) is 0. The van der Waals surface area contributed by atoms with E-state index in [1.807, 2.05) is 41.5 Å². The van der Waals surface area contributed by atoms with Crippen molar-refractivity contribution in [2.24, 2.45) is 88.8 Å². The van der Waals surface area contributed by atoms with Crippen LogP contribution in [0, 0.1) is 88.8 Å². The Balaban J connectivity index is 0.000000131. The van der Waals surface area contributed by atoms with Gasteiger partial charge in [-0.15, -0.1) is 0 Å². The van der Waals surface area contributed by atoms with Crippen LogP contribution in [0.4, 0.5) is 0 Å². The number of hydrogen-bond acceptors (Lipinski definition) is 28. The van der Waals surface area contributed by atoms with Crippen molar-refractivity contribution in [3.05, 3.63) is 86.6 Å². The third kappa shape index (κ3) is 16.7. The SMILES string of the molecule is C=C(C)C(=O)OC1(C)CCC2CC1(C)OC2=O.C=C(C)C(=O)OC1CC2CC1C1C(=O)OCC21.C=C(C)C(=O)OC1CC2CC1C1COC(=O)C21.C=C(C)C(=O)OC1CCC2CC1(C)OC2=O.C=CC(=O)OC1(C)CCC2CC1(C)OC2=O.C=CC(=O)OC1(CC)C2CC3C(=O)OC1C3C2.C=CC(=O)OC1CCC2CC1OC2=O. The van der Waals surface area contributed by atoms with Crippen LogP contribution in [0.25, 0.3) is 0 Å². The van der Waals surface area contributed by atoms with Crippen LogP contribution in [0.3, 0.4) is 0 Å². The maximum absolute atomic E-state index is 11.7. The highest BCUT2D eigenvalue weighted by Gasteiger charge is 2.71. The molecular formula is C86H110O28. The number of fused-ring (bicyclic) bond motifs is 19. The zero-order valence-corrected chi connectivity index (χ0v) is 67.1. The molecule has 622 valence electrons. The van der Waals surface area contributed by atoms with Crippen molar-refractivity contribution >= 4 is 83.6 Å². The minimum atomic E-state index is -0.744. The molecule has 7 aliphatic heterocycles. The average Bonchev–Trinajstić information content (AvgIpc) is 1.54. The van der Waals surface area contributed by atoms with Crippen LogP contribution < -0.4 is 0 Å². The maximum Gasteiger partial charge on any atom is 0.333 e. The van der Waals surface area contributed by atoms with E-state index >= 15 is 0 Å². The van der Waals surface area contributed by atoms with Gasteiger partial charge in [0.25, 0.3) is 0 Å². The largest absolute Gasteiger partial charge is 0.465 e. The predicted octanol–water partition coefficient (Wildman–Crippen LogP) is 10.0. The van der Waals surface area contributed by atoms with Gasteiger partial charge >= 0.3 is 83.6 Å². The molecule has 0 spiro atoms. The molecule has 17 fully saturated rings. The van der Waals surface area contributed by atoms with Crippen molar-refractivity contribution in [2.45, 2.75) is 261 Å². The lowest BCUT2D eigenvalue weighted by atomic mass is 9.71. The molecule has 27 unspecified atom stereocenters. The van der Waals surface area contributed by atoms with Crippen molar-refractivity contribution < 1.29 is 133 Å². The molecule has 0 aromatic rings. The highest BCUT2D eigenvalue weighted by Crippen LogP contribution is 2.63. The summed E-state index contributed by atoms with van der Waals surface area (Å²) in [5.41, 5.74) is -2.52. The Morgan fingerprint density at radius 2 is 0.930 bits per heavy atom. The molecule has 17 rings (SSSR count). The molecule has 0 radical (unpaired) electrons. The van der Waals surface area contributed by atoms with E-state index in [-0.39, 0.29) is 155 Å². The third-order valence-electron chi connectivity index (χ3n) is 27.6. The van der Waals surface area contributed by atoms with Crippen molar-refractivity contribution in [1.82, 2.24) is 0 Å². The van der Waals surface area contributed by atoms with Gasteiger partial charge in [0.2, 0.25) is 0 Å². The molecule has 14 bridgehead atoms. The molecule has 10 saturated carbocycles. The molecule has 27 atom stereocenters. The fourth-order valence-electron chi connectivity index (χ4n) is 20.9. The number of hydrogen-bond donors (Lipinski definition) is 0. The summed E-state index contributed by atoms with van der Waals surface area (Å²) >= 11 is 0. The van der Waals surface area contributed by atoms with E-state index in [0.29, 0.717) is 123 Å². The second-order valence-corrected chi connectivity index (χ2v) is 35.1. The maximum atomic E-state index is 11.7. The zero-order chi connectivity index (χ0) is 83.4. The molecule has 28 heteroatoms. The summed E-state index contributed by atoms with van der Waals surface area (Å²) in [5.74, 6) is -1.19. The molecule has 10 aliphatic carbocycles. The van der Waals surface area contributed by atoms with Gasteiger partial charge in [0, 0.05) is 102 Å². The number of carbonyl (C=O) groups is 14. The summed E-state index contributed by atoms with van der Waals surface area (Å²) in [5, 5.41) is 0. The summed E-state index contributed by atoms with van der Waals surface area (Å²) in [4.78, 5) is 160.